The molecule has 2 aliphatic heterocycles. The van der Waals surface area contributed by atoms with Gasteiger partial charge in [-0.05, 0) is 11.5 Å². The first-order valence-electron chi connectivity index (χ1n) is 5.80. The molecule has 0 radical (unpaired) electrons. The molecule has 5 nitrogen and oxygen atoms in total. The number of nitrogens with two attached hydrogens (primary N) is 1. The van der Waals surface area contributed by atoms with Crippen LogP contribution in [-0.2, 0) is 0 Å². The van der Waals surface area contributed by atoms with Gasteiger partial charge in [0.1, 0.15) is 5.84 Å². The van der Waals surface area contributed by atoms with Crippen molar-refractivity contribution in [3.05, 3.63) is 46.0 Å². The van der Waals surface area contributed by atoms with Crippen molar-refractivity contribution in [2.45, 2.75) is 0 Å². The van der Waals surface area contributed by atoms with Crippen molar-refractivity contribution < 1.29 is 4.79 Å². The fourth-order valence-electron chi connectivity index (χ4n) is 2.49. The molecule has 0 bridgehead atoms. The minimum Gasteiger partial charge on any atom is -0.383 e. The van der Waals surface area contributed by atoms with Crippen molar-refractivity contribution in [3.63, 3.8) is 0 Å². The monoisotopic (exact) mass is 248 g/mol. The Labute approximate surface area is 107 Å². The summed E-state index contributed by atoms with van der Waals surface area (Å²) in [5, 5.41) is 3.55. The third kappa shape index (κ3) is 1.29. The summed E-state index contributed by atoms with van der Waals surface area (Å²) in [6.45, 7) is 0. The van der Waals surface area contributed by atoms with Crippen LogP contribution >= 0.6 is 0 Å². The maximum atomic E-state index is 11.4. The molecule has 4 rings (SSSR count). The van der Waals surface area contributed by atoms with Crippen LogP contribution in [0.2, 0.25) is 0 Å². The summed E-state index contributed by atoms with van der Waals surface area (Å²) in [7, 11) is 0. The molecule has 2 aliphatic rings. The van der Waals surface area contributed by atoms with E-state index in [4.69, 9.17) is 5.73 Å². The number of aliphatic imine (C=N–C) groups is 2. The Balaban J connectivity index is 2.24. The number of hydrogen-bond acceptors (Lipinski definition) is 3. The zero-order valence-corrected chi connectivity index (χ0v) is 9.79. The standard InChI is InChI=1S/C14H8N4O/c15-13-10-4-3-8-9(12(10)17-14(19)18-13)2-1-7-5-16-6-11(7)8/h1-6H,(H2,15,18,19). The van der Waals surface area contributed by atoms with E-state index in [1.165, 1.54) is 0 Å². The van der Waals surface area contributed by atoms with Crippen LogP contribution in [0.3, 0.4) is 0 Å². The van der Waals surface area contributed by atoms with Gasteiger partial charge < -0.3 is 5.73 Å². The average molecular weight is 248 g/mol. The Kier molecular flexibility index (Phi) is 1.79. The van der Waals surface area contributed by atoms with Gasteiger partial charge in [0, 0.05) is 34.1 Å². The second-order valence-corrected chi connectivity index (χ2v) is 4.42. The lowest BCUT2D eigenvalue weighted by Gasteiger charge is -2.08. The molecule has 0 fully saturated rings. The van der Waals surface area contributed by atoms with Crippen molar-refractivity contribution in [3.8, 4) is 0 Å². The SMILES string of the molecule is NC1=NC(=O)N=c2c1ccc1c3c(ccc21)C=NC=3. The fourth-order valence-corrected chi connectivity index (χ4v) is 2.49. The maximum Gasteiger partial charge on any atom is 0.369 e. The van der Waals surface area contributed by atoms with Crippen LogP contribution in [0.1, 0.15) is 11.1 Å². The highest BCUT2D eigenvalue weighted by Gasteiger charge is 2.15. The van der Waals surface area contributed by atoms with E-state index in [1.807, 2.05) is 36.7 Å². The zero-order valence-electron chi connectivity index (χ0n) is 9.79. The molecule has 2 aromatic carbocycles. The van der Waals surface area contributed by atoms with Crippen LogP contribution in [0.5, 0.6) is 0 Å². The molecule has 0 unspecified atom stereocenters. The minimum atomic E-state index is -0.557. The number of fused-ring (bicyclic) bond motifs is 5. The van der Waals surface area contributed by atoms with Crippen molar-refractivity contribution >= 4 is 35.1 Å². The van der Waals surface area contributed by atoms with E-state index in [9.17, 15) is 4.79 Å². The smallest absolute Gasteiger partial charge is 0.369 e. The maximum absolute atomic E-state index is 11.4. The summed E-state index contributed by atoms with van der Waals surface area (Å²) in [5.41, 5.74) is 7.54. The Hall–Kier alpha value is -2.82. The molecule has 90 valence electrons. The first kappa shape index (κ1) is 10.1. The zero-order chi connectivity index (χ0) is 13.0. The molecule has 0 saturated heterocycles. The second kappa shape index (κ2) is 3.35. The van der Waals surface area contributed by atoms with Crippen molar-refractivity contribution in [2.24, 2.45) is 20.7 Å². The fraction of sp³-hybridized carbons (Fsp3) is 0. The van der Waals surface area contributed by atoms with E-state index in [0.717, 1.165) is 21.6 Å². The van der Waals surface area contributed by atoms with E-state index in [0.29, 0.717) is 10.9 Å². The highest BCUT2D eigenvalue weighted by atomic mass is 16.2. The van der Waals surface area contributed by atoms with Gasteiger partial charge in [0.2, 0.25) is 0 Å². The molecule has 2 amide bonds. The average Bonchev–Trinajstić information content (AvgIpc) is 2.86. The highest BCUT2D eigenvalue weighted by Crippen LogP contribution is 2.12. The molecule has 0 atom stereocenters. The van der Waals surface area contributed by atoms with Crippen LogP contribution in [0.25, 0.3) is 17.0 Å². The van der Waals surface area contributed by atoms with Gasteiger partial charge in [-0.15, -0.1) is 0 Å². The number of urea groups is 1. The predicted molar refractivity (Wildman–Crippen MR) is 72.9 cm³/mol. The van der Waals surface area contributed by atoms with Crippen molar-refractivity contribution in [1.82, 2.24) is 0 Å². The predicted octanol–water partition coefficient (Wildman–Crippen LogP) is 0.469. The Morgan fingerprint density at radius 3 is 2.74 bits per heavy atom. The number of nitrogens with zero attached hydrogens (tertiary/aromatic N) is 3. The van der Waals surface area contributed by atoms with E-state index in [1.54, 1.807) is 0 Å². The molecule has 2 heterocycles. The molecule has 0 aliphatic carbocycles. The topological polar surface area (TPSA) is 80.2 Å². The van der Waals surface area contributed by atoms with Crippen LogP contribution in [0.15, 0.2) is 39.2 Å². The van der Waals surface area contributed by atoms with Crippen LogP contribution in [0, 0.1) is 0 Å². The number of rotatable bonds is 0. The van der Waals surface area contributed by atoms with Gasteiger partial charge in [-0.3, -0.25) is 4.99 Å². The lowest BCUT2D eigenvalue weighted by molar-refractivity contribution is 0.256. The van der Waals surface area contributed by atoms with E-state index >= 15 is 0 Å². The van der Waals surface area contributed by atoms with Gasteiger partial charge >= 0.3 is 6.03 Å². The van der Waals surface area contributed by atoms with Crippen LogP contribution in [0.4, 0.5) is 4.79 Å². The van der Waals surface area contributed by atoms with Crippen LogP contribution in [-0.4, -0.2) is 18.1 Å². The normalized spacial score (nSPS) is 15.6. The van der Waals surface area contributed by atoms with Gasteiger partial charge in [-0.1, -0.05) is 18.2 Å². The largest absolute Gasteiger partial charge is 0.383 e. The Morgan fingerprint density at radius 2 is 1.84 bits per heavy atom. The summed E-state index contributed by atoms with van der Waals surface area (Å²) in [5.74, 6) is 0.220. The Bertz CT molecular complexity index is 938. The molecule has 2 N–H and O–H groups in total. The summed E-state index contributed by atoms with van der Waals surface area (Å²) in [6.07, 6.45) is 3.62. The van der Waals surface area contributed by atoms with Crippen molar-refractivity contribution in [1.29, 1.82) is 0 Å². The summed E-state index contributed by atoms with van der Waals surface area (Å²) in [6, 6.07) is 7.16. The van der Waals surface area contributed by atoms with Gasteiger partial charge in [0.25, 0.3) is 0 Å². The summed E-state index contributed by atoms with van der Waals surface area (Å²) in [4.78, 5) is 23.2. The second-order valence-electron chi connectivity index (χ2n) is 4.42. The molecular weight excluding hydrogens is 240 g/mol. The van der Waals surface area contributed by atoms with E-state index in [-0.39, 0.29) is 5.84 Å². The number of amides is 2. The van der Waals surface area contributed by atoms with E-state index < -0.39 is 6.03 Å². The molecule has 0 spiro atoms. The van der Waals surface area contributed by atoms with Crippen molar-refractivity contribution in [2.75, 3.05) is 0 Å². The lowest BCUT2D eigenvalue weighted by atomic mass is 10.0. The van der Waals surface area contributed by atoms with Crippen LogP contribution < -0.4 is 16.3 Å². The molecule has 19 heavy (non-hydrogen) atoms. The highest BCUT2D eigenvalue weighted by molar-refractivity contribution is 6.08. The quantitative estimate of drug-likeness (QED) is 0.735. The number of benzene rings is 2. The molecular formula is C14H8N4O. The summed E-state index contributed by atoms with van der Waals surface area (Å²) >= 11 is 0. The molecule has 5 heteroatoms. The third-order valence-electron chi connectivity index (χ3n) is 3.36. The first-order valence-corrected chi connectivity index (χ1v) is 5.80. The Morgan fingerprint density at radius 1 is 1.00 bits per heavy atom. The van der Waals surface area contributed by atoms with Gasteiger partial charge in [0.15, 0.2) is 0 Å². The number of amidine groups is 1. The number of carbonyl (C=O) groups excluding carboxylic acids is 1. The third-order valence-corrected chi connectivity index (χ3v) is 3.36. The van der Waals surface area contributed by atoms with Gasteiger partial charge in [-0.25, -0.2) is 4.79 Å². The molecule has 2 aromatic rings. The minimum absolute atomic E-state index is 0.220. The molecule has 0 aromatic heterocycles. The van der Waals surface area contributed by atoms with Gasteiger partial charge in [0.05, 0.1) is 5.36 Å². The summed E-state index contributed by atoms with van der Waals surface area (Å²) < 4.78 is 0. The van der Waals surface area contributed by atoms with E-state index in [2.05, 4.69) is 15.0 Å². The first-order chi connectivity index (χ1) is 9.24. The molecule has 0 saturated carbocycles. The van der Waals surface area contributed by atoms with Gasteiger partial charge in [-0.2, -0.15) is 9.98 Å². The lowest BCUT2D eigenvalue weighted by Crippen LogP contribution is -2.29. The number of carbonyl (C=O) groups is 1. The number of hydrogen-bond donors (Lipinski definition) is 1.